The number of aryl methyl sites for hydroxylation is 1. The van der Waals surface area contributed by atoms with Crippen LogP contribution in [0.4, 0.5) is 0 Å². The lowest BCUT2D eigenvalue weighted by atomic mass is 10.3. The standard InChI is InChI=1S/C7H9N3O2/c1-3-8-6(10-9-3)4-2-5(4)7(11)12/h4-5H,2H2,1H3,(H,11,12)(H,8,9,10)/t4-,5-/m1/s1. The third-order valence-electron chi connectivity index (χ3n) is 2.07. The molecule has 0 radical (unpaired) electrons. The molecule has 5 heteroatoms. The maximum Gasteiger partial charge on any atom is 0.307 e. The number of rotatable bonds is 2. The minimum atomic E-state index is -0.742. The number of H-pyrrole nitrogens is 1. The second-order valence-electron chi connectivity index (χ2n) is 3.05. The Labute approximate surface area is 68.8 Å². The summed E-state index contributed by atoms with van der Waals surface area (Å²) in [6.45, 7) is 1.78. The van der Waals surface area contributed by atoms with Gasteiger partial charge in [0.05, 0.1) is 5.92 Å². The van der Waals surface area contributed by atoms with Crippen LogP contribution in [0.2, 0.25) is 0 Å². The lowest BCUT2D eigenvalue weighted by molar-refractivity contribution is -0.138. The SMILES string of the molecule is Cc1n[nH]c([C@@H]2C[C@H]2C(=O)O)n1. The Morgan fingerprint density at radius 2 is 2.50 bits per heavy atom. The lowest BCUT2D eigenvalue weighted by Crippen LogP contribution is -1.99. The Morgan fingerprint density at radius 3 is 2.92 bits per heavy atom. The summed E-state index contributed by atoms with van der Waals surface area (Å²) in [5, 5.41) is 15.2. The van der Waals surface area contributed by atoms with Crippen molar-refractivity contribution in [2.75, 3.05) is 0 Å². The average Bonchev–Trinajstić information content (AvgIpc) is 2.70. The third-order valence-corrected chi connectivity index (χ3v) is 2.07. The molecule has 1 saturated carbocycles. The van der Waals surface area contributed by atoms with E-state index < -0.39 is 5.97 Å². The molecule has 2 rings (SSSR count). The number of carboxylic acids is 1. The van der Waals surface area contributed by atoms with Crippen LogP contribution in [0.25, 0.3) is 0 Å². The van der Waals surface area contributed by atoms with E-state index in [0.717, 1.165) is 0 Å². The summed E-state index contributed by atoms with van der Waals surface area (Å²) in [4.78, 5) is 14.6. The fraction of sp³-hybridized carbons (Fsp3) is 0.571. The van der Waals surface area contributed by atoms with Crippen LogP contribution in [0, 0.1) is 12.8 Å². The summed E-state index contributed by atoms with van der Waals surface area (Å²) in [7, 11) is 0. The Kier molecular flexibility index (Phi) is 1.39. The number of aromatic nitrogens is 3. The highest BCUT2D eigenvalue weighted by molar-refractivity contribution is 5.74. The average molecular weight is 167 g/mol. The Hall–Kier alpha value is -1.39. The van der Waals surface area contributed by atoms with Crippen LogP contribution in [0.3, 0.4) is 0 Å². The zero-order chi connectivity index (χ0) is 8.72. The molecular formula is C7H9N3O2. The van der Waals surface area contributed by atoms with Crippen molar-refractivity contribution in [2.24, 2.45) is 5.92 Å². The number of carbonyl (C=O) groups is 1. The zero-order valence-corrected chi connectivity index (χ0v) is 6.61. The summed E-state index contributed by atoms with van der Waals surface area (Å²) in [5.74, 6) is 0.441. The van der Waals surface area contributed by atoms with E-state index in [-0.39, 0.29) is 11.8 Å². The van der Waals surface area contributed by atoms with Gasteiger partial charge in [-0.1, -0.05) is 0 Å². The number of aliphatic carboxylic acids is 1. The molecule has 0 aromatic carbocycles. The van der Waals surface area contributed by atoms with Crippen LogP contribution < -0.4 is 0 Å². The van der Waals surface area contributed by atoms with E-state index in [1.165, 1.54) is 0 Å². The van der Waals surface area contributed by atoms with Crippen molar-refractivity contribution in [1.29, 1.82) is 0 Å². The van der Waals surface area contributed by atoms with E-state index in [1.54, 1.807) is 6.92 Å². The molecule has 1 aliphatic carbocycles. The Balaban J connectivity index is 2.10. The minimum Gasteiger partial charge on any atom is -0.481 e. The number of nitrogens with one attached hydrogen (secondary N) is 1. The molecule has 1 fully saturated rings. The van der Waals surface area contributed by atoms with E-state index in [1.807, 2.05) is 0 Å². The molecule has 1 aromatic rings. The first kappa shape index (κ1) is 7.27. The van der Waals surface area contributed by atoms with Gasteiger partial charge in [0.25, 0.3) is 0 Å². The second kappa shape index (κ2) is 2.30. The molecule has 1 aromatic heterocycles. The minimum absolute atomic E-state index is 0.0590. The molecule has 0 bridgehead atoms. The van der Waals surface area contributed by atoms with Gasteiger partial charge in [-0.3, -0.25) is 9.89 Å². The smallest absolute Gasteiger partial charge is 0.307 e. The first-order chi connectivity index (χ1) is 5.68. The predicted molar refractivity (Wildman–Crippen MR) is 39.6 cm³/mol. The first-order valence-corrected chi connectivity index (χ1v) is 3.80. The van der Waals surface area contributed by atoms with E-state index in [2.05, 4.69) is 15.2 Å². The van der Waals surface area contributed by atoms with E-state index >= 15 is 0 Å². The molecule has 0 saturated heterocycles. The fourth-order valence-corrected chi connectivity index (χ4v) is 1.30. The molecule has 1 aliphatic rings. The number of carboxylic acid groups (broad SMARTS) is 1. The fourth-order valence-electron chi connectivity index (χ4n) is 1.30. The van der Waals surface area contributed by atoms with Crippen molar-refractivity contribution in [3.8, 4) is 0 Å². The Morgan fingerprint density at radius 1 is 1.75 bits per heavy atom. The van der Waals surface area contributed by atoms with Crippen molar-refractivity contribution in [2.45, 2.75) is 19.3 Å². The second-order valence-corrected chi connectivity index (χ2v) is 3.05. The van der Waals surface area contributed by atoms with Crippen molar-refractivity contribution in [3.05, 3.63) is 11.6 Å². The van der Waals surface area contributed by atoms with Gasteiger partial charge < -0.3 is 5.11 Å². The van der Waals surface area contributed by atoms with Gasteiger partial charge in [-0.25, -0.2) is 4.98 Å². The number of nitrogens with zero attached hydrogens (tertiary/aromatic N) is 2. The van der Waals surface area contributed by atoms with Gasteiger partial charge in [-0.2, -0.15) is 5.10 Å². The predicted octanol–water partition coefficient (Wildman–Crippen LogP) is 0.301. The maximum atomic E-state index is 10.5. The molecule has 12 heavy (non-hydrogen) atoms. The van der Waals surface area contributed by atoms with Crippen molar-refractivity contribution < 1.29 is 9.90 Å². The molecule has 1 heterocycles. The summed E-state index contributed by atoms with van der Waals surface area (Å²) >= 11 is 0. The number of aromatic amines is 1. The van der Waals surface area contributed by atoms with Crippen LogP contribution in [0.15, 0.2) is 0 Å². The summed E-state index contributed by atoms with van der Waals surface area (Å²) in [5.41, 5.74) is 0. The highest BCUT2D eigenvalue weighted by atomic mass is 16.4. The first-order valence-electron chi connectivity index (χ1n) is 3.80. The third kappa shape index (κ3) is 1.07. The van der Waals surface area contributed by atoms with Gasteiger partial charge >= 0.3 is 5.97 Å². The quantitative estimate of drug-likeness (QED) is 0.664. The van der Waals surface area contributed by atoms with Crippen LogP contribution in [-0.2, 0) is 4.79 Å². The van der Waals surface area contributed by atoms with Gasteiger partial charge in [0, 0.05) is 5.92 Å². The van der Waals surface area contributed by atoms with Crippen LogP contribution in [-0.4, -0.2) is 26.3 Å². The van der Waals surface area contributed by atoms with Crippen molar-refractivity contribution in [1.82, 2.24) is 15.2 Å². The van der Waals surface area contributed by atoms with Crippen LogP contribution in [0.5, 0.6) is 0 Å². The molecule has 5 nitrogen and oxygen atoms in total. The van der Waals surface area contributed by atoms with Gasteiger partial charge in [-0.05, 0) is 13.3 Å². The lowest BCUT2D eigenvalue weighted by Gasteiger charge is -1.88. The van der Waals surface area contributed by atoms with Crippen molar-refractivity contribution >= 4 is 5.97 Å². The topological polar surface area (TPSA) is 78.9 Å². The highest BCUT2D eigenvalue weighted by Crippen LogP contribution is 2.45. The molecule has 2 atom stereocenters. The highest BCUT2D eigenvalue weighted by Gasteiger charge is 2.46. The summed E-state index contributed by atoms with van der Waals surface area (Å²) < 4.78 is 0. The van der Waals surface area contributed by atoms with Gasteiger partial charge in [0.2, 0.25) is 0 Å². The van der Waals surface area contributed by atoms with E-state index in [4.69, 9.17) is 5.11 Å². The van der Waals surface area contributed by atoms with Crippen LogP contribution in [0.1, 0.15) is 24.0 Å². The monoisotopic (exact) mass is 167 g/mol. The molecule has 0 aliphatic heterocycles. The molecule has 0 unspecified atom stereocenters. The molecule has 2 N–H and O–H groups in total. The van der Waals surface area contributed by atoms with Gasteiger partial charge in [0.1, 0.15) is 11.6 Å². The number of hydrogen-bond donors (Lipinski definition) is 2. The summed E-state index contributed by atoms with van der Waals surface area (Å²) in [6, 6.07) is 0. The summed E-state index contributed by atoms with van der Waals surface area (Å²) in [6.07, 6.45) is 0.684. The van der Waals surface area contributed by atoms with Crippen LogP contribution >= 0.6 is 0 Å². The van der Waals surface area contributed by atoms with E-state index in [9.17, 15) is 4.79 Å². The van der Waals surface area contributed by atoms with Gasteiger partial charge in [-0.15, -0.1) is 0 Å². The van der Waals surface area contributed by atoms with Crippen molar-refractivity contribution in [3.63, 3.8) is 0 Å². The van der Waals surface area contributed by atoms with Gasteiger partial charge in [0.15, 0.2) is 0 Å². The molecule has 0 amide bonds. The normalized spacial score (nSPS) is 27.1. The number of hydrogen-bond acceptors (Lipinski definition) is 3. The molecule has 0 spiro atoms. The maximum absolute atomic E-state index is 10.5. The Bertz CT molecular complexity index is 320. The zero-order valence-electron chi connectivity index (χ0n) is 6.61. The van der Waals surface area contributed by atoms with E-state index in [0.29, 0.717) is 18.1 Å². The largest absolute Gasteiger partial charge is 0.481 e. The molecule has 64 valence electrons. The molecular weight excluding hydrogens is 158 g/mol.